The zero-order valence-corrected chi connectivity index (χ0v) is 19.5. The lowest BCUT2D eigenvalue weighted by Crippen LogP contribution is -2.27. The van der Waals surface area contributed by atoms with Crippen molar-refractivity contribution in [3.8, 4) is 0 Å². The smallest absolute Gasteiger partial charge is 0.337 e. The average molecular weight is 485 g/mol. The van der Waals surface area contributed by atoms with E-state index < -0.39 is 17.8 Å². The van der Waals surface area contributed by atoms with E-state index in [1.807, 2.05) is 30.3 Å². The number of hydrogen-bond donors (Lipinski definition) is 3. The number of ether oxygens (including phenoxy) is 1. The fraction of sp³-hybridized carbons (Fsp3) is 0.148. The number of hydrogen-bond acceptors (Lipinski definition) is 6. The first-order chi connectivity index (χ1) is 17.4. The van der Waals surface area contributed by atoms with Gasteiger partial charge in [0.2, 0.25) is 11.8 Å². The first kappa shape index (κ1) is 24.3. The van der Waals surface area contributed by atoms with Gasteiger partial charge in [-0.3, -0.25) is 19.4 Å². The first-order valence-electron chi connectivity index (χ1n) is 11.2. The molecule has 1 aliphatic rings. The molecule has 3 amide bonds. The third-order valence-electron chi connectivity index (χ3n) is 5.66. The molecule has 9 nitrogen and oxygen atoms in total. The van der Waals surface area contributed by atoms with E-state index in [-0.39, 0.29) is 24.8 Å². The van der Waals surface area contributed by atoms with Gasteiger partial charge in [0.15, 0.2) is 0 Å². The van der Waals surface area contributed by atoms with Gasteiger partial charge in [-0.15, -0.1) is 0 Å². The minimum Gasteiger partial charge on any atom is -0.465 e. The maximum atomic E-state index is 13.1. The van der Waals surface area contributed by atoms with Crippen LogP contribution in [-0.4, -0.2) is 43.1 Å². The van der Waals surface area contributed by atoms with E-state index >= 15 is 0 Å². The SMILES string of the molecule is COC(=O)c1ccc2c(c1)NC(=O)C2C(=Nc1cccc(C(=O)NCCC(N)=O)c1)c1ccccc1. The maximum Gasteiger partial charge on any atom is 0.337 e. The molecule has 3 aromatic rings. The Hall–Kier alpha value is -4.79. The minimum atomic E-state index is -0.734. The van der Waals surface area contributed by atoms with E-state index in [2.05, 4.69) is 10.6 Å². The largest absolute Gasteiger partial charge is 0.465 e. The number of carbonyl (C=O) groups is 4. The van der Waals surface area contributed by atoms with Crippen molar-refractivity contribution in [2.75, 3.05) is 19.0 Å². The van der Waals surface area contributed by atoms with Crippen LogP contribution in [0.4, 0.5) is 11.4 Å². The zero-order chi connectivity index (χ0) is 25.7. The number of nitrogens with one attached hydrogen (secondary N) is 2. The number of methoxy groups -OCH3 is 1. The highest BCUT2D eigenvalue weighted by atomic mass is 16.5. The number of esters is 1. The maximum absolute atomic E-state index is 13.1. The molecule has 1 heterocycles. The summed E-state index contributed by atoms with van der Waals surface area (Å²) in [6, 6.07) is 20.8. The summed E-state index contributed by atoms with van der Waals surface area (Å²) in [4.78, 5) is 53.3. The zero-order valence-electron chi connectivity index (χ0n) is 19.5. The van der Waals surface area contributed by atoms with Gasteiger partial charge in [-0.2, -0.15) is 0 Å². The standard InChI is InChI=1S/C27H24N4O5/c1-36-27(35)18-10-11-20-21(15-18)31-26(34)23(20)24(16-6-3-2-4-7-16)30-19-9-5-8-17(14-19)25(33)29-13-12-22(28)32/h2-11,14-15,23H,12-13H2,1H3,(H2,28,32)(H,29,33)(H,31,34). The molecule has 0 bridgehead atoms. The first-order valence-corrected chi connectivity index (χ1v) is 11.2. The van der Waals surface area contributed by atoms with Crippen molar-refractivity contribution in [2.24, 2.45) is 10.7 Å². The lowest BCUT2D eigenvalue weighted by Gasteiger charge is -2.14. The third-order valence-corrected chi connectivity index (χ3v) is 5.66. The number of aliphatic imine (C=N–C) groups is 1. The van der Waals surface area contributed by atoms with Crippen LogP contribution in [-0.2, 0) is 14.3 Å². The van der Waals surface area contributed by atoms with Crippen LogP contribution in [0.15, 0.2) is 77.8 Å². The number of amides is 3. The van der Waals surface area contributed by atoms with Gasteiger partial charge in [0.25, 0.3) is 5.91 Å². The van der Waals surface area contributed by atoms with Gasteiger partial charge in [0, 0.05) is 24.2 Å². The van der Waals surface area contributed by atoms with Crippen LogP contribution in [0.5, 0.6) is 0 Å². The van der Waals surface area contributed by atoms with E-state index in [0.29, 0.717) is 33.8 Å². The topological polar surface area (TPSA) is 140 Å². The van der Waals surface area contributed by atoms with Crippen molar-refractivity contribution in [1.29, 1.82) is 0 Å². The van der Waals surface area contributed by atoms with Crippen molar-refractivity contribution in [3.63, 3.8) is 0 Å². The highest BCUT2D eigenvalue weighted by molar-refractivity contribution is 6.24. The number of carbonyl (C=O) groups excluding carboxylic acids is 4. The molecule has 0 fully saturated rings. The predicted octanol–water partition coefficient (Wildman–Crippen LogP) is 2.94. The predicted molar refractivity (Wildman–Crippen MR) is 134 cm³/mol. The molecule has 4 N–H and O–H groups in total. The van der Waals surface area contributed by atoms with E-state index in [1.165, 1.54) is 7.11 Å². The molecule has 1 unspecified atom stereocenters. The number of nitrogens with two attached hydrogens (primary N) is 1. The monoisotopic (exact) mass is 484 g/mol. The number of primary amides is 1. The molecule has 0 radical (unpaired) electrons. The third kappa shape index (κ3) is 5.30. The highest BCUT2D eigenvalue weighted by Crippen LogP contribution is 2.37. The van der Waals surface area contributed by atoms with Gasteiger partial charge >= 0.3 is 5.97 Å². The Morgan fingerprint density at radius 1 is 0.972 bits per heavy atom. The second-order valence-corrected chi connectivity index (χ2v) is 8.10. The van der Waals surface area contributed by atoms with Crippen LogP contribution >= 0.6 is 0 Å². The molecular formula is C27H24N4O5. The van der Waals surface area contributed by atoms with Gasteiger partial charge in [-0.05, 0) is 41.5 Å². The molecule has 9 heteroatoms. The molecule has 0 saturated carbocycles. The molecule has 4 rings (SSSR count). The summed E-state index contributed by atoms with van der Waals surface area (Å²) in [6.45, 7) is 0.128. The summed E-state index contributed by atoms with van der Waals surface area (Å²) < 4.78 is 4.78. The lowest BCUT2D eigenvalue weighted by atomic mass is 9.90. The fourth-order valence-electron chi connectivity index (χ4n) is 3.94. The van der Waals surface area contributed by atoms with Crippen LogP contribution < -0.4 is 16.4 Å². The Balaban J connectivity index is 1.72. The molecule has 0 aromatic heterocycles. The normalized spacial score (nSPS) is 14.5. The minimum absolute atomic E-state index is 0.0373. The molecule has 0 spiro atoms. The van der Waals surface area contributed by atoms with Gasteiger partial charge < -0.3 is 21.1 Å². The lowest BCUT2D eigenvalue weighted by molar-refractivity contribution is -0.118. The van der Waals surface area contributed by atoms with Gasteiger partial charge in [0.1, 0.15) is 5.92 Å². The number of benzene rings is 3. The Kier molecular flexibility index (Phi) is 7.20. The van der Waals surface area contributed by atoms with Crippen LogP contribution in [0.2, 0.25) is 0 Å². The Bertz CT molecular complexity index is 1370. The Morgan fingerprint density at radius 3 is 2.44 bits per heavy atom. The molecule has 0 saturated heterocycles. The number of anilines is 1. The van der Waals surface area contributed by atoms with E-state index in [4.69, 9.17) is 15.5 Å². The molecule has 3 aromatic carbocycles. The number of nitrogens with zero attached hydrogens (tertiary/aromatic N) is 1. The number of rotatable bonds is 8. The summed E-state index contributed by atoms with van der Waals surface area (Å²) >= 11 is 0. The van der Waals surface area contributed by atoms with Crippen LogP contribution in [0.3, 0.4) is 0 Å². The molecular weight excluding hydrogens is 460 g/mol. The molecule has 1 aliphatic heterocycles. The van der Waals surface area contributed by atoms with Crippen molar-refractivity contribution in [3.05, 3.63) is 95.1 Å². The van der Waals surface area contributed by atoms with E-state index in [9.17, 15) is 19.2 Å². The summed E-state index contributed by atoms with van der Waals surface area (Å²) in [5.74, 6) is -2.39. The van der Waals surface area contributed by atoms with E-state index in [1.54, 1.807) is 42.5 Å². The number of fused-ring (bicyclic) bond motifs is 1. The van der Waals surface area contributed by atoms with E-state index in [0.717, 1.165) is 5.56 Å². The van der Waals surface area contributed by atoms with Crippen molar-refractivity contribution in [2.45, 2.75) is 12.3 Å². The van der Waals surface area contributed by atoms with Crippen molar-refractivity contribution in [1.82, 2.24) is 5.32 Å². The molecule has 182 valence electrons. The summed E-state index contributed by atoms with van der Waals surface area (Å²) in [5, 5.41) is 5.48. The van der Waals surface area contributed by atoms with Crippen LogP contribution in [0.1, 0.15) is 44.2 Å². The van der Waals surface area contributed by atoms with Crippen molar-refractivity contribution >= 4 is 40.8 Å². The van der Waals surface area contributed by atoms with Crippen molar-refractivity contribution < 1.29 is 23.9 Å². The molecule has 0 aliphatic carbocycles. The Labute approximate surface area is 207 Å². The van der Waals surface area contributed by atoms with Gasteiger partial charge in [-0.25, -0.2) is 4.79 Å². The molecule has 36 heavy (non-hydrogen) atoms. The van der Waals surface area contributed by atoms with Crippen LogP contribution in [0, 0.1) is 0 Å². The Morgan fingerprint density at radius 2 is 1.72 bits per heavy atom. The average Bonchev–Trinajstić information content (AvgIpc) is 3.21. The summed E-state index contributed by atoms with van der Waals surface area (Å²) in [7, 11) is 1.29. The van der Waals surface area contributed by atoms with Crippen LogP contribution in [0.25, 0.3) is 0 Å². The van der Waals surface area contributed by atoms with Gasteiger partial charge in [-0.1, -0.05) is 42.5 Å². The second-order valence-electron chi connectivity index (χ2n) is 8.10. The van der Waals surface area contributed by atoms with Gasteiger partial charge in [0.05, 0.1) is 24.1 Å². The molecule has 1 atom stereocenters. The highest BCUT2D eigenvalue weighted by Gasteiger charge is 2.36. The summed E-state index contributed by atoms with van der Waals surface area (Å²) in [5.41, 5.74) is 8.69. The second kappa shape index (κ2) is 10.6. The quantitative estimate of drug-likeness (QED) is 0.333. The summed E-state index contributed by atoms with van der Waals surface area (Å²) in [6.07, 6.45) is 0.0373. The fourth-order valence-corrected chi connectivity index (χ4v) is 3.94.